The van der Waals surface area contributed by atoms with Crippen LogP contribution < -0.4 is 20.9 Å². The molecule has 2 aliphatic heterocycles. The number of benzene rings is 3. The molecule has 1 aromatic heterocycles. The number of carbonyl (C=O) groups excluding carboxylic acids is 2. The number of urea groups is 2. The number of anilines is 4. The third-order valence-corrected chi connectivity index (χ3v) is 9.41. The number of aryl methyl sites for hydroxylation is 1. The average molecular weight is 634 g/mol. The summed E-state index contributed by atoms with van der Waals surface area (Å²) in [5, 5.41) is 14.0. The molecule has 2 saturated heterocycles. The van der Waals surface area contributed by atoms with Crippen molar-refractivity contribution in [2.24, 2.45) is 5.92 Å². The lowest BCUT2D eigenvalue weighted by Crippen LogP contribution is -2.48. The number of nitrogens with zero attached hydrogens (tertiary/aromatic N) is 4. The van der Waals surface area contributed by atoms with E-state index in [2.05, 4.69) is 53.8 Å². The Balaban J connectivity index is 1.07. The topological polar surface area (TPSA) is 94.5 Å². The third-order valence-electron chi connectivity index (χ3n) is 9.41. The smallest absolute Gasteiger partial charge is 0.324 e. The van der Waals surface area contributed by atoms with E-state index in [-0.39, 0.29) is 29.6 Å². The normalized spacial score (nSPS) is 18.9. The minimum Gasteiger partial charge on any atom is -0.378 e. The van der Waals surface area contributed by atoms with E-state index in [1.807, 2.05) is 92.6 Å². The molecular formula is C38H47N7O2. The van der Waals surface area contributed by atoms with Crippen molar-refractivity contribution in [1.82, 2.24) is 14.7 Å². The van der Waals surface area contributed by atoms with Crippen molar-refractivity contribution >= 4 is 34.9 Å². The number of carbonyl (C=O) groups is 2. The van der Waals surface area contributed by atoms with E-state index < -0.39 is 0 Å². The van der Waals surface area contributed by atoms with Crippen molar-refractivity contribution in [1.29, 1.82) is 0 Å². The van der Waals surface area contributed by atoms with E-state index in [1.165, 1.54) is 5.56 Å². The number of hydrogen-bond donors (Lipinski definition) is 3. The van der Waals surface area contributed by atoms with Crippen molar-refractivity contribution in [2.45, 2.75) is 77.3 Å². The second kappa shape index (κ2) is 13.1. The lowest BCUT2D eigenvalue weighted by Gasteiger charge is -2.39. The molecule has 0 aliphatic carbocycles. The molecule has 3 heterocycles. The first kappa shape index (κ1) is 32.2. The van der Waals surface area contributed by atoms with Gasteiger partial charge in [0.2, 0.25) is 0 Å². The molecule has 0 radical (unpaired) electrons. The van der Waals surface area contributed by atoms with Crippen LogP contribution in [0, 0.1) is 12.8 Å². The van der Waals surface area contributed by atoms with Crippen LogP contribution in [0.2, 0.25) is 0 Å². The summed E-state index contributed by atoms with van der Waals surface area (Å²) >= 11 is 0. The van der Waals surface area contributed by atoms with Crippen molar-refractivity contribution in [3.8, 4) is 5.69 Å². The standard InChI is InChI=1S/C38H47N7O2/c1-25-10-14-31(15-11-25)45-35(24-34(42-45)38(2,3)4)41-36(46)39-29-9-7-8-26(21-29)20-27-22-32-18-19-33(23-27)44(32)37(47)40-28-12-16-30(17-13-28)43(5)6/h7-17,21,24,27,32-33H,18-20,22-23H2,1-6H3,(H,40,47)(H2,39,41,46). The van der Waals surface area contributed by atoms with Gasteiger partial charge in [0, 0.05) is 54.7 Å². The largest absolute Gasteiger partial charge is 0.378 e. The first-order chi connectivity index (χ1) is 22.4. The first-order valence-corrected chi connectivity index (χ1v) is 16.6. The van der Waals surface area contributed by atoms with Gasteiger partial charge in [-0.25, -0.2) is 14.3 Å². The molecule has 47 heavy (non-hydrogen) atoms. The Morgan fingerprint density at radius 2 is 1.53 bits per heavy atom. The summed E-state index contributed by atoms with van der Waals surface area (Å²) in [6, 6.07) is 26.3. The maximum atomic E-state index is 13.3. The Morgan fingerprint density at radius 3 is 2.17 bits per heavy atom. The van der Waals surface area contributed by atoms with Gasteiger partial charge >= 0.3 is 12.1 Å². The molecule has 246 valence electrons. The zero-order chi connectivity index (χ0) is 33.3. The van der Waals surface area contributed by atoms with E-state index in [0.29, 0.717) is 11.7 Å². The highest BCUT2D eigenvalue weighted by Crippen LogP contribution is 2.40. The third kappa shape index (κ3) is 7.45. The Bertz CT molecular complexity index is 1710. The van der Waals surface area contributed by atoms with Crippen LogP contribution in [0.25, 0.3) is 5.69 Å². The van der Waals surface area contributed by atoms with Gasteiger partial charge in [0.25, 0.3) is 0 Å². The van der Waals surface area contributed by atoms with Gasteiger partial charge in [0.05, 0.1) is 11.4 Å². The molecule has 0 spiro atoms. The summed E-state index contributed by atoms with van der Waals surface area (Å²) < 4.78 is 1.79. The highest BCUT2D eigenvalue weighted by atomic mass is 16.2. The summed E-state index contributed by atoms with van der Waals surface area (Å²) in [5.41, 5.74) is 6.63. The van der Waals surface area contributed by atoms with Crippen LogP contribution in [0.3, 0.4) is 0 Å². The van der Waals surface area contributed by atoms with Crippen molar-refractivity contribution < 1.29 is 9.59 Å². The molecule has 4 aromatic rings. The number of hydrogen-bond acceptors (Lipinski definition) is 4. The van der Waals surface area contributed by atoms with E-state index >= 15 is 0 Å². The molecule has 2 unspecified atom stereocenters. The van der Waals surface area contributed by atoms with Gasteiger partial charge in [-0.05, 0) is 99.0 Å². The van der Waals surface area contributed by atoms with Gasteiger partial charge in [0.1, 0.15) is 5.82 Å². The molecule has 2 bridgehead atoms. The highest BCUT2D eigenvalue weighted by molar-refractivity contribution is 5.99. The van der Waals surface area contributed by atoms with Crippen LogP contribution >= 0.6 is 0 Å². The molecule has 2 fully saturated rings. The molecule has 9 heteroatoms. The van der Waals surface area contributed by atoms with E-state index in [0.717, 1.165) is 66.1 Å². The van der Waals surface area contributed by atoms with E-state index in [1.54, 1.807) is 4.68 Å². The first-order valence-electron chi connectivity index (χ1n) is 16.6. The Kier molecular flexibility index (Phi) is 8.99. The van der Waals surface area contributed by atoms with Crippen LogP contribution in [0.1, 0.15) is 63.3 Å². The van der Waals surface area contributed by atoms with Crippen LogP contribution in [-0.4, -0.2) is 52.9 Å². The van der Waals surface area contributed by atoms with Gasteiger partial charge in [-0.2, -0.15) is 5.10 Å². The molecule has 0 saturated carbocycles. The van der Waals surface area contributed by atoms with Gasteiger partial charge in [-0.15, -0.1) is 0 Å². The van der Waals surface area contributed by atoms with Crippen LogP contribution in [-0.2, 0) is 11.8 Å². The summed E-state index contributed by atoms with van der Waals surface area (Å²) in [4.78, 5) is 30.7. The quantitative estimate of drug-likeness (QED) is 0.191. The zero-order valence-corrected chi connectivity index (χ0v) is 28.4. The SMILES string of the molecule is Cc1ccc(-n2nc(C(C)(C)C)cc2NC(=O)Nc2cccc(CC3CC4CCC(C3)N4C(=O)Nc3ccc(N(C)C)cc3)c2)cc1. The van der Waals surface area contributed by atoms with E-state index in [4.69, 9.17) is 5.10 Å². The maximum absolute atomic E-state index is 13.3. The van der Waals surface area contributed by atoms with Gasteiger partial charge < -0.3 is 20.4 Å². The lowest BCUT2D eigenvalue weighted by molar-refractivity contribution is 0.131. The van der Waals surface area contributed by atoms with Crippen molar-refractivity contribution in [3.05, 3.63) is 95.7 Å². The molecule has 4 amide bonds. The minimum atomic E-state index is -0.315. The van der Waals surface area contributed by atoms with Gasteiger partial charge in [-0.3, -0.25) is 5.32 Å². The summed E-state index contributed by atoms with van der Waals surface area (Å²) in [6.07, 6.45) is 4.99. The molecule has 9 nitrogen and oxygen atoms in total. The van der Waals surface area contributed by atoms with Crippen molar-refractivity contribution in [2.75, 3.05) is 34.9 Å². The maximum Gasteiger partial charge on any atom is 0.324 e. The summed E-state index contributed by atoms with van der Waals surface area (Å²) in [6.45, 7) is 8.38. The molecule has 3 N–H and O–H groups in total. The number of piperidine rings is 1. The van der Waals surface area contributed by atoms with Gasteiger partial charge in [0.15, 0.2) is 0 Å². The summed E-state index contributed by atoms with van der Waals surface area (Å²) in [5.74, 6) is 1.10. The second-order valence-electron chi connectivity index (χ2n) is 14.4. The van der Waals surface area contributed by atoms with Crippen LogP contribution in [0.5, 0.6) is 0 Å². The number of aromatic nitrogens is 2. The zero-order valence-electron chi connectivity index (χ0n) is 28.4. The predicted molar refractivity (Wildman–Crippen MR) is 191 cm³/mol. The molecule has 6 rings (SSSR count). The van der Waals surface area contributed by atoms with Gasteiger partial charge in [-0.1, -0.05) is 50.6 Å². The molecule has 3 aromatic carbocycles. The predicted octanol–water partition coefficient (Wildman–Crippen LogP) is 8.21. The average Bonchev–Trinajstić information content (AvgIpc) is 3.56. The number of rotatable bonds is 7. The Morgan fingerprint density at radius 1 is 0.851 bits per heavy atom. The fraction of sp³-hybridized carbons (Fsp3) is 0.395. The van der Waals surface area contributed by atoms with Crippen LogP contribution in [0.15, 0.2) is 78.9 Å². The van der Waals surface area contributed by atoms with Crippen molar-refractivity contribution in [3.63, 3.8) is 0 Å². The molecule has 2 aliphatic rings. The summed E-state index contributed by atoms with van der Waals surface area (Å²) in [7, 11) is 4.01. The fourth-order valence-electron chi connectivity index (χ4n) is 6.93. The monoisotopic (exact) mass is 633 g/mol. The number of nitrogens with one attached hydrogen (secondary N) is 3. The Hall–Kier alpha value is -4.79. The number of amides is 4. The Labute approximate surface area is 278 Å². The molecular weight excluding hydrogens is 586 g/mol. The fourth-order valence-corrected chi connectivity index (χ4v) is 6.93. The second-order valence-corrected chi connectivity index (χ2v) is 14.4. The molecule has 2 atom stereocenters. The highest BCUT2D eigenvalue weighted by Gasteiger charge is 2.43. The van der Waals surface area contributed by atoms with Crippen LogP contribution in [0.4, 0.5) is 32.5 Å². The minimum absolute atomic E-state index is 0.00380. The van der Waals surface area contributed by atoms with E-state index in [9.17, 15) is 9.59 Å². The lowest BCUT2D eigenvalue weighted by atomic mass is 9.86. The number of fused-ring (bicyclic) bond motifs is 2.